The number of aryl methyl sites for hydroxylation is 1. The molecule has 0 saturated carbocycles. The molecule has 0 fully saturated rings. The zero-order valence-corrected chi connectivity index (χ0v) is 15.3. The summed E-state index contributed by atoms with van der Waals surface area (Å²) >= 11 is 0. The standard InChI is InChI=1S/C20H17F5N2O2/c1-12-6-5-9-14(16(12)22)19(11-21)10-15(20(23,24)25)26-18(29-19)27-17(28)13-7-3-2-4-8-13/h2-9,15H,10-11H2,1H3,(H,26,27,28)/t15-,19+/m0/s1. The van der Waals surface area contributed by atoms with E-state index in [2.05, 4.69) is 10.3 Å². The van der Waals surface area contributed by atoms with Crippen molar-refractivity contribution in [1.29, 1.82) is 0 Å². The second kappa shape index (κ2) is 7.81. The molecule has 1 aliphatic heterocycles. The third-order valence-electron chi connectivity index (χ3n) is 4.62. The molecule has 4 nitrogen and oxygen atoms in total. The number of ether oxygens (including phenoxy) is 1. The summed E-state index contributed by atoms with van der Waals surface area (Å²) in [6, 6.07) is 8.41. The first-order valence-electron chi connectivity index (χ1n) is 8.68. The number of benzene rings is 2. The average molecular weight is 412 g/mol. The fraction of sp³-hybridized carbons (Fsp3) is 0.300. The number of amidine groups is 1. The normalized spacial score (nSPS) is 21.9. The number of aliphatic imine (C=N–C) groups is 1. The number of nitrogens with one attached hydrogen (secondary N) is 1. The molecule has 2 aromatic rings. The lowest BCUT2D eigenvalue weighted by Gasteiger charge is -2.39. The molecule has 1 aliphatic rings. The molecule has 1 N–H and O–H groups in total. The van der Waals surface area contributed by atoms with Gasteiger partial charge in [0.05, 0.1) is 0 Å². The van der Waals surface area contributed by atoms with Gasteiger partial charge >= 0.3 is 6.18 Å². The van der Waals surface area contributed by atoms with Crippen LogP contribution in [-0.4, -0.2) is 30.8 Å². The monoisotopic (exact) mass is 412 g/mol. The highest BCUT2D eigenvalue weighted by Crippen LogP contribution is 2.41. The maximum Gasteiger partial charge on any atom is 0.411 e. The van der Waals surface area contributed by atoms with Crippen LogP contribution in [0, 0.1) is 12.7 Å². The van der Waals surface area contributed by atoms with Crippen LogP contribution in [-0.2, 0) is 10.3 Å². The van der Waals surface area contributed by atoms with Gasteiger partial charge in [-0.05, 0) is 24.6 Å². The summed E-state index contributed by atoms with van der Waals surface area (Å²) in [6.07, 6.45) is -5.80. The number of carbonyl (C=O) groups excluding carboxylic acids is 1. The molecule has 2 aromatic carbocycles. The highest BCUT2D eigenvalue weighted by molar-refractivity contribution is 6.04. The smallest absolute Gasteiger partial charge is 0.411 e. The summed E-state index contributed by atoms with van der Waals surface area (Å²) in [7, 11) is 0. The minimum atomic E-state index is -4.84. The van der Waals surface area contributed by atoms with Crippen LogP contribution in [0.25, 0.3) is 0 Å². The Kier molecular flexibility index (Phi) is 5.59. The van der Waals surface area contributed by atoms with Crippen LogP contribution in [0.2, 0.25) is 0 Å². The number of rotatable bonds is 3. The number of halogens is 5. The largest absolute Gasteiger partial charge is 0.450 e. The van der Waals surface area contributed by atoms with Gasteiger partial charge in [0.1, 0.15) is 12.5 Å². The number of carbonyl (C=O) groups is 1. The number of hydrogen-bond donors (Lipinski definition) is 1. The van der Waals surface area contributed by atoms with E-state index in [-0.39, 0.29) is 16.7 Å². The van der Waals surface area contributed by atoms with Gasteiger partial charge in [0, 0.05) is 17.5 Å². The second-order valence-corrected chi connectivity index (χ2v) is 6.68. The lowest BCUT2D eigenvalue weighted by molar-refractivity contribution is -0.167. The molecule has 1 heterocycles. The fourth-order valence-corrected chi connectivity index (χ4v) is 3.08. The van der Waals surface area contributed by atoms with Crippen LogP contribution in [0.4, 0.5) is 22.0 Å². The quantitative estimate of drug-likeness (QED) is 0.758. The van der Waals surface area contributed by atoms with Gasteiger partial charge in [0.15, 0.2) is 11.6 Å². The van der Waals surface area contributed by atoms with E-state index in [1.807, 2.05) is 0 Å². The Balaban J connectivity index is 2.01. The van der Waals surface area contributed by atoms with E-state index in [1.54, 1.807) is 18.2 Å². The Hall–Kier alpha value is -2.97. The van der Waals surface area contributed by atoms with Gasteiger partial charge in [-0.15, -0.1) is 0 Å². The van der Waals surface area contributed by atoms with Crippen molar-refractivity contribution in [3.63, 3.8) is 0 Å². The number of alkyl halides is 4. The van der Waals surface area contributed by atoms with Crippen molar-refractivity contribution in [2.45, 2.75) is 31.2 Å². The Labute approximate surface area is 163 Å². The first-order valence-corrected chi connectivity index (χ1v) is 8.68. The van der Waals surface area contributed by atoms with E-state index >= 15 is 0 Å². The second-order valence-electron chi connectivity index (χ2n) is 6.68. The average Bonchev–Trinajstić information content (AvgIpc) is 2.69. The fourth-order valence-electron chi connectivity index (χ4n) is 3.08. The van der Waals surface area contributed by atoms with Crippen LogP contribution in [0.5, 0.6) is 0 Å². The number of amides is 1. The molecule has 2 atom stereocenters. The first-order chi connectivity index (χ1) is 13.7. The Morgan fingerprint density at radius 3 is 2.52 bits per heavy atom. The third-order valence-corrected chi connectivity index (χ3v) is 4.62. The summed E-state index contributed by atoms with van der Waals surface area (Å²) in [5.74, 6) is -1.66. The maximum atomic E-state index is 14.6. The lowest BCUT2D eigenvalue weighted by Crippen LogP contribution is -2.51. The highest BCUT2D eigenvalue weighted by atomic mass is 19.4. The van der Waals surface area contributed by atoms with E-state index in [9.17, 15) is 26.7 Å². The number of nitrogens with zero attached hydrogens (tertiary/aromatic N) is 1. The first kappa shape index (κ1) is 20.8. The molecule has 29 heavy (non-hydrogen) atoms. The molecular formula is C20H17F5N2O2. The van der Waals surface area contributed by atoms with E-state index in [1.165, 1.54) is 31.2 Å². The van der Waals surface area contributed by atoms with Gasteiger partial charge in [-0.25, -0.2) is 13.8 Å². The van der Waals surface area contributed by atoms with E-state index in [4.69, 9.17) is 4.74 Å². The summed E-state index contributed by atoms with van der Waals surface area (Å²) in [5, 5.41) is 2.13. The molecule has 0 bridgehead atoms. The third kappa shape index (κ3) is 4.23. The maximum absolute atomic E-state index is 14.6. The molecule has 0 aliphatic carbocycles. The Morgan fingerprint density at radius 2 is 1.90 bits per heavy atom. The van der Waals surface area contributed by atoms with Gasteiger partial charge in [0.25, 0.3) is 11.9 Å². The lowest BCUT2D eigenvalue weighted by atomic mass is 9.86. The predicted molar refractivity (Wildman–Crippen MR) is 95.7 cm³/mol. The van der Waals surface area contributed by atoms with Crippen LogP contribution in [0.3, 0.4) is 0 Å². The van der Waals surface area contributed by atoms with E-state index in [0.717, 1.165) is 6.07 Å². The SMILES string of the molecule is Cc1cccc([C@]2(CF)C[C@@H](C(F)(F)F)N=C(NC(=O)c3ccccc3)O2)c1F. The van der Waals surface area contributed by atoms with Crippen LogP contribution < -0.4 is 5.32 Å². The van der Waals surface area contributed by atoms with Crippen molar-refractivity contribution in [1.82, 2.24) is 5.32 Å². The van der Waals surface area contributed by atoms with Crippen molar-refractivity contribution in [2.24, 2.45) is 4.99 Å². The zero-order valence-electron chi connectivity index (χ0n) is 15.3. The molecule has 0 saturated heterocycles. The topological polar surface area (TPSA) is 50.7 Å². The number of hydrogen-bond acceptors (Lipinski definition) is 3. The summed E-state index contributed by atoms with van der Waals surface area (Å²) in [4.78, 5) is 15.7. The van der Waals surface area contributed by atoms with Crippen molar-refractivity contribution < 1.29 is 31.5 Å². The highest BCUT2D eigenvalue weighted by Gasteiger charge is 2.52. The molecular weight excluding hydrogens is 395 g/mol. The van der Waals surface area contributed by atoms with Crippen LogP contribution in [0.1, 0.15) is 27.9 Å². The summed E-state index contributed by atoms with van der Waals surface area (Å²) < 4.78 is 74.5. The van der Waals surface area contributed by atoms with Crippen molar-refractivity contribution in [3.8, 4) is 0 Å². The molecule has 154 valence electrons. The van der Waals surface area contributed by atoms with Crippen LogP contribution in [0.15, 0.2) is 53.5 Å². The molecule has 0 aromatic heterocycles. The molecule has 0 radical (unpaired) electrons. The zero-order chi connectivity index (χ0) is 21.2. The van der Waals surface area contributed by atoms with Gasteiger partial charge < -0.3 is 4.74 Å². The molecule has 0 unspecified atom stereocenters. The summed E-state index contributed by atoms with van der Waals surface area (Å²) in [5.41, 5.74) is -2.38. The van der Waals surface area contributed by atoms with Gasteiger partial charge in [-0.1, -0.05) is 36.4 Å². The predicted octanol–water partition coefficient (Wildman–Crippen LogP) is 4.44. The Morgan fingerprint density at radius 1 is 1.21 bits per heavy atom. The summed E-state index contributed by atoms with van der Waals surface area (Å²) in [6.45, 7) is -0.0405. The van der Waals surface area contributed by atoms with Crippen molar-refractivity contribution in [3.05, 3.63) is 71.0 Å². The van der Waals surface area contributed by atoms with Crippen molar-refractivity contribution >= 4 is 11.9 Å². The molecule has 3 rings (SSSR count). The Bertz CT molecular complexity index is 930. The van der Waals surface area contributed by atoms with E-state index < -0.39 is 48.7 Å². The molecule has 1 amide bonds. The molecule has 9 heteroatoms. The molecule has 0 spiro atoms. The van der Waals surface area contributed by atoms with Crippen LogP contribution >= 0.6 is 0 Å². The minimum Gasteiger partial charge on any atom is -0.450 e. The van der Waals surface area contributed by atoms with E-state index in [0.29, 0.717) is 0 Å². The minimum absolute atomic E-state index is 0.125. The van der Waals surface area contributed by atoms with Crippen molar-refractivity contribution in [2.75, 3.05) is 6.67 Å². The van der Waals surface area contributed by atoms with Gasteiger partial charge in [-0.3, -0.25) is 10.1 Å². The van der Waals surface area contributed by atoms with Gasteiger partial charge in [0.2, 0.25) is 0 Å². The van der Waals surface area contributed by atoms with Gasteiger partial charge in [-0.2, -0.15) is 13.2 Å².